The second-order valence-corrected chi connectivity index (χ2v) is 11.9. The van der Waals surface area contributed by atoms with Crippen LogP contribution in [0.3, 0.4) is 0 Å². The van der Waals surface area contributed by atoms with E-state index in [1.165, 1.54) is 42.5 Å². The molecule has 2 heterocycles. The van der Waals surface area contributed by atoms with E-state index < -0.39 is 6.04 Å². The number of ether oxygens (including phenoxy) is 1. The molecule has 0 bridgehead atoms. The Bertz CT molecular complexity index is 827. The Morgan fingerprint density at radius 2 is 1.94 bits per heavy atom. The van der Waals surface area contributed by atoms with Crippen molar-refractivity contribution < 1.29 is 14.3 Å². The fourth-order valence-corrected chi connectivity index (χ4v) is 6.78. The van der Waals surface area contributed by atoms with Crippen LogP contribution in [0.25, 0.3) is 0 Å². The van der Waals surface area contributed by atoms with E-state index in [1.807, 2.05) is 11.3 Å². The number of nitrogens with two attached hydrogens (primary N) is 1. The minimum absolute atomic E-state index is 0.00765. The number of amides is 2. The average Bonchev–Trinajstić information content (AvgIpc) is 3.61. The van der Waals surface area contributed by atoms with E-state index in [9.17, 15) is 9.59 Å². The summed E-state index contributed by atoms with van der Waals surface area (Å²) in [5.41, 5.74) is 5.90. The number of nitrogens with zero attached hydrogens (tertiary/aromatic N) is 2. The van der Waals surface area contributed by atoms with Crippen LogP contribution in [0.2, 0.25) is 0 Å². The number of hydrogen-bond donors (Lipinski definition) is 2. The zero-order valence-corrected chi connectivity index (χ0v) is 21.7. The number of nitrogens with one attached hydrogen (secondary N) is 1. The van der Waals surface area contributed by atoms with Gasteiger partial charge in [-0.1, -0.05) is 6.42 Å². The number of carbonyl (C=O) groups excluding carboxylic acids is 2. The molecule has 3 fully saturated rings. The van der Waals surface area contributed by atoms with E-state index in [0.717, 1.165) is 32.4 Å². The molecule has 1 saturated heterocycles. The van der Waals surface area contributed by atoms with E-state index >= 15 is 0 Å². The molecule has 7 nitrogen and oxygen atoms in total. The molecule has 0 spiro atoms. The predicted octanol–water partition coefficient (Wildman–Crippen LogP) is 2.91. The van der Waals surface area contributed by atoms with E-state index in [2.05, 4.69) is 29.3 Å². The molecule has 8 heteroatoms. The lowest BCUT2D eigenvalue weighted by atomic mass is 9.81. The van der Waals surface area contributed by atoms with Gasteiger partial charge in [0.25, 0.3) is 0 Å². The first-order chi connectivity index (χ1) is 16.5. The number of carbonyl (C=O) groups is 2. The Balaban J connectivity index is 1.42. The van der Waals surface area contributed by atoms with Crippen molar-refractivity contribution in [1.82, 2.24) is 15.1 Å². The van der Waals surface area contributed by atoms with Crippen molar-refractivity contribution >= 4 is 23.2 Å². The molecular formula is C26H42N4O3S. The molecule has 1 aliphatic heterocycles. The Morgan fingerprint density at radius 3 is 2.62 bits per heavy atom. The van der Waals surface area contributed by atoms with Gasteiger partial charge in [-0.25, -0.2) is 0 Å². The number of thiophene rings is 1. The van der Waals surface area contributed by atoms with Crippen LogP contribution in [0, 0.1) is 18.8 Å². The van der Waals surface area contributed by atoms with Crippen LogP contribution in [0.1, 0.15) is 61.1 Å². The fourth-order valence-electron chi connectivity index (χ4n) is 5.88. The molecule has 2 aliphatic carbocycles. The first-order valence-corrected chi connectivity index (χ1v) is 13.9. The van der Waals surface area contributed by atoms with E-state index in [-0.39, 0.29) is 18.4 Å². The number of piperidine rings is 1. The molecule has 190 valence electrons. The Morgan fingerprint density at radius 1 is 1.15 bits per heavy atom. The SMILES string of the molecule is COCC(=O)N1CCC(N(Cc2ccc(C)s2)C2CC2)C[C@@H]1C(=O)NCC1CCCC(CN)C1. The average molecular weight is 491 g/mol. The second kappa shape index (κ2) is 12.0. The summed E-state index contributed by atoms with van der Waals surface area (Å²) < 4.78 is 5.12. The third-order valence-corrected chi connectivity index (χ3v) is 8.86. The Kier molecular flexibility index (Phi) is 9.02. The van der Waals surface area contributed by atoms with Gasteiger partial charge in [0.15, 0.2) is 0 Å². The summed E-state index contributed by atoms with van der Waals surface area (Å²) in [6, 6.07) is 4.91. The summed E-state index contributed by atoms with van der Waals surface area (Å²) in [5, 5.41) is 3.22. The molecule has 4 atom stereocenters. The fraction of sp³-hybridized carbons (Fsp3) is 0.769. The van der Waals surface area contributed by atoms with Crippen molar-refractivity contribution in [1.29, 1.82) is 0 Å². The van der Waals surface area contributed by atoms with Gasteiger partial charge in [-0.3, -0.25) is 14.5 Å². The lowest BCUT2D eigenvalue weighted by Gasteiger charge is -2.43. The van der Waals surface area contributed by atoms with Crippen molar-refractivity contribution in [2.24, 2.45) is 17.6 Å². The van der Waals surface area contributed by atoms with Gasteiger partial charge in [0.2, 0.25) is 11.8 Å². The summed E-state index contributed by atoms with van der Waals surface area (Å²) in [7, 11) is 1.54. The summed E-state index contributed by atoms with van der Waals surface area (Å²) in [6.45, 7) is 5.14. The standard InChI is InChI=1S/C26H42N4O3S/c1-18-6-9-23(34-18)16-30(21-7-8-21)22-10-11-29(25(31)17-33-2)24(13-22)26(32)28-15-20-5-3-4-19(12-20)14-27/h6,9,19-22,24H,3-5,7-8,10-17,27H2,1-2H3,(H,28,32)/t19?,20?,22?,24-/m1/s1. The predicted molar refractivity (Wildman–Crippen MR) is 136 cm³/mol. The summed E-state index contributed by atoms with van der Waals surface area (Å²) in [4.78, 5) is 33.3. The topological polar surface area (TPSA) is 87.9 Å². The molecule has 3 N–H and O–H groups in total. The van der Waals surface area contributed by atoms with Gasteiger partial charge in [-0.15, -0.1) is 11.3 Å². The van der Waals surface area contributed by atoms with Crippen LogP contribution >= 0.6 is 11.3 Å². The first-order valence-electron chi connectivity index (χ1n) is 13.1. The molecule has 2 amide bonds. The molecule has 3 aliphatic rings. The molecule has 34 heavy (non-hydrogen) atoms. The van der Waals surface area contributed by atoms with Crippen LogP contribution in [-0.2, 0) is 20.9 Å². The van der Waals surface area contributed by atoms with E-state index in [0.29, 0.717) is 43.4 Å². The maximum atomic E-state index is 13.4. The second-order valence-electron chi connectivity index (χ2n) is 10.5. The van der Waals surface area contributed by atoms with Crippen LogP contribution in [0.15, 0.2) is 12.1 Å². The van der Waals surface area contributed by atoms with Crippen molar-refractivity contribution in [2.45, 2.75) is 83.0 Å². The van der Waals surface area contributed by atoms with Crippen LogP contribution < -0.4 is 11.1 Å². The molecule has 3 unspecified atom stereocenters. The Labute approximate surface area is 208 Å². The molecule has 0 aromatic carbocycles. The summed E-state index contributed by atoms with van der Waals surface area (Å²) >= 11 is 1.86. The largest absolute Gasteiger partial charge is 0.375 e. The van der Waals surface area contributed by atoms with E-state index in [4.69, 9.17) is 10.5 Å². The summed E-state index contributed by atoms with van der Waals surface area (Å²) in [5.74, 6) is 0.960. The number of methoxy groups -OCH3 is 1. The molecule has 2 saturated carbocycles. The Hall–Kier alpha value is -1.48. The minimum atomic E-state index is -0.429. The maximum Gasteiger partial charge on any atom is 0.249 e. The van der Waals surface area contributed by atoms with Gasteiger partial charge >= 0.3 is 0 Å². The van der Waals surface area contributed by atoms with Gasteiger partial charge in [-0.05, 0) is 82.4 Å². The number of rotatable bonds is 10. The zero-order valence-electron chi connectivity index (χ0n) is 20.8. The van der Waals surface area contributed by atoms with Crippen molar-refractivity contribution in [3.63, 3.8) is 0 Å². The highest BCUT2D eigenvalue weighted by Gasteiger charge is 2.42. The first kappa shape index (κ1) is 25.6. The zero-order chi connectivity index (χ0) is 24.1. The van der Waals surface area contributed by atoms with Gasteiger partial charge in [-0.2, -0.15) is 0 Å². The van der Waals surface area contributed by atoms with Crippen molar-refractivity contribution in [2.75, 3.05) is 33.4 Å². The molecular weight excluding hydrogens is 448 g/mol. The third kappa shape index (κ3) is 6.59. The van der Waals surface area contributed by atoms with Gasteiger partial charge in [0, 0.05) is 48.6 Å². The molecule has 1 aromatic heterocycles. The minimum Gasteiger partial charge on any atom is -0.375 e. The van der Waals surface area contributed by atoms with Crippen molar-refractivity contribution in [3.8, 4) is 0 Å². The third-order valence-electron chi connectivity index (χ3n) is 7.87. The van der Waals surface area contributed by atoms with Crippen molar-refractivity contribution in [3.05, 3.63) is 21.9 Å². The normalized spacial score (nSPS) is 27.7. The van der Waals surface area contributed by atoms with E-state index in [1.54, 1.807) is 4.90 Å². The highest BCUT2D eigenvalue weighted by molar-refractivity contribution is 7.11. The number of aryl methyl sites for hydroxylation is 1. The smallest absolute Gasteiger partial charge is 0.249 e. The molecule has 0 radical (unpaired) electrons. The van der Waals surface area contributed by atoms with Crippen LogP contribution in [0.5, 0.6) is 0 Å². The highest BCUT2D eigenvalue weighted by Crippen LogP contribution is 2.36. The number of likely N-dealkylation sites (tertiary alicyclic amines) is 1. The molecule has 4 rings (SSSR count). The number of hydrogen-bond acceptors (Lipinski definition) is 6. The van der Waals surface area contributed by atoms with Crippen LogP contribution in [-0.4, -0.2) is 73.1 Å². The van der Waals surface area contributed by atoms with Gasteiger partial charge in [0.05, 0.1) is 0 Å². The van der Waals surface area contributed by atoms with Crippen LogP contribution in [0.4, 0.5) is 0 Å². The monoisotopic (exact) mass is 490 g/mol. The maximum absolute atomic E-state index is 13.4. The quantitative estimate of drug-likeness (QED) is 0.527. The lowest BCUT2D eigenvalue weighted by molar-refractivity contribution is -0.146. The lowest BCUT2D eigenvalue weighted by Crippen LogP contribution is -2.58. The summed E-state index contributed by atoms with van der Waals surface area (Å²) in [6.07, 6.45) is 8.68. The van der Waals surface area contributed by atoms with Gasteiger partial charge < -0.3 is 20.7 Å². The van der Waals surface area contributed by atoms with Gasteiger partial charge in [0.1, 0.15) is 12.6 Å². The molecule has 1 aromatic rings. The highest BCUT2D eigenvalue weighted by atomic mass is 32.1.